The summed E-state index contributed by atoms with van der Waals surface area (Å²) in [5.74, 6) is 1.91. The molecule has 0 bridgehead atoms. The summed E-state index contributed by atoms with van der Waals surface area (Å²) >= 11 is 0. The molecule has 0 aliphatic carbocycles. The van der Waals surface area contributed by atoms with E-state index in [1.54, 1.807) is 0 Å². The van der Waals surface area contributed by atoms with Crippen molar-refractivity contribution >= 4 is 54.4 Å². The van der Waals surface area contributed by atoms with E-state index in [1.165, 1.54) is 43.4 Å². The minimum Gasteiger partial charge on any atom is -0.309 e. The van der Waals surface area contributed by atoms with Gasteiger partial charge in [0.05, 0.1) is 22.1 Å². The Kier molecular flexibility index (Phi) is 7.78. The summed E-state index contributed by atoms with van der Waals surface area (Å²) in [4.78, 5) is 15.2. The molecule has 5 heteroatoms. The number of nitrogens with zero attached hydrogens (tertiary/aromatic N) is 5. The van der Waals surface area contributed by atoms with Gasteiger partial charge < -0.3 is 9.13 Å². The zero-order valence-corrected chi connectivity index (χ0v) is 32.4. The Bertz CT molecular complexity index is 3530. The van der Waals surface area contributed by atoms with E-state index in [0.717, 1.165) is 50.2 Å². The van der Waals surface area contributed by atoms with Crippen molar-refractivity contribution < 1.29 is 0 Å². The van der Waals surface area contributed by atoms with Gasteiger partial charge in [-0.3, -0.25) is 0 Å². The summed E-state index contributed by atoms with van der Waals surface area (Å²) in [5.41, 5.74) is 12.0. The van der Waals surface area contributed by atoms with Gasteiger partial charge in [-0.05, 0) is 70.9 Å². The molecular weight excluding hydrogens is 731 g/mol. The fraction of sp³-hybridized carbons (Fsp3) is 0. The summed E-state index contributed by atoms with van der Waals surface area (Å²) in [6, 6.07) is 75.2. The normalized spacial score (nSPS) is 11.7. The van der Waals surface area contributed by atoms with Crippen molar-refractivity contribution in [2.45, 2.75) is 0 Å². The second-order valence-corrected chi connectivity index (χ2v) is 15.2. The molecule has 9 aromatic carbocycles. The van der Waals surface area contributed by atoms with Crippen molar-refractivity contribution in [1.29, 1.82) is 0 Å². The molecule has 0 spiro atoms. The lowest BCUT2D eigenvalue weighted by molar-refractivity contribution is 1.07. The summed E-state index contributed by atoms with van der Waals surface area (Å²) in [6.45, 7) is 0. The molecule has 280 valence electrons. The molecule has 0 unspecified atom stereocenters. The van der Waals surface area contributed by atoms with Crippen LogP contribution in [0.3, 0.4) is 0 Å². The molecule has 3 aromatic heterocycles. The van der Waals surface area contributed by atoms with Crippen molar-refractivity contribution in [2.75, 3.05) is 0 Å². The van der Waals surface area contributed by atoms with Crippen molar-refractivity contribution in [3.63, 3.8) is 0 Å². The maximum atomic E-state index is 5.11. The zero-order chi connectivity index (χ0) is 39.6. The quantitative estimate of drug-likeness (QED) is 0.169. The second-order valence-electron chi connectivity index (χ2n) is 15.2. The summed E-state index contributed by atoms with van der Waals surface area (Å²) < 4.78 is 4.84. The Morgan fingerprint density at radius 2 is 0.783 bits per heavy atom. The first-order valence-corrected chi connectivity index (χ1v) is 20.3. The number of rotatable bonds is 6. The highest BCUT2D eigenvalue weighted by molar-refractivity contribution is 6.21. The minimum absolute atomic E-state index is 0.627. The van der Waals surface area contributed by atoms with Crippen molar-refractivity contribution in [3.05, 3.63) is 212 Å². The van der Waals surface area contributed by atoms with Gasteiger partial charge in [0.1, 0.15) is 0 Å². The number of benzene rings is 9. The molecule has 0 aliphatic heterocycles. The summed E-state index contributed by atoms with van der Waals surface area (Å²) in [6.07, 6.45) is 0. The lowest BCUT2D eigenvalue weighted by Gasteiger charge is -2.16. The first kappa shape index (κ1) is 33.9. The largest absolute Gasteiger partial charge is 0.309 e. The van der Waals surface area contributed by atoms with E-state index in [1.807, 2.05) is 60.7 Å². The molecular formula is C55H35N5. The van der Waals surface area contributed by atoms with Gasteiger partial charge in [-0.15, -0.1) is 0 Å². The fourth-order valence-corrected chi connectivity index (χ4v) is 9.06. The van der Waals surface area contributed by atoms with Crippen LogP contribution in [0.15, 0.2) is 212 Å². The molecule has 0 radical (unpaired) electrons. The van der Waals surface area contributed by atoms with Crippen LogP contribution in [0.25, 0.3) is 111 Å². The molecule has 12 rings (SSSR count). The van der Waals surface area contributed by atoms with Gasteiger partial charge in [0.2, 0.25) is 0 Å². The molecule has 12 aromatic rings. The van der Waals surface area contributed by atoms with Gasteiger partial charge >= 0.3 is 0 Å². The Balaban J connectivity index is 1.13. The number of fused-ring (bicyclic) bond motifs is 7. The van der Waals surface area contributed by atoms with Gasteiger partial charge in [-0.25, -0.2) is 15.0 Å². The molecule has 0 saturated carbocycles. The minimum atomic E-state index is 0.627. The highest BCUT2D eigenvalue weighted by Gasteiger charge is 2.22. The average molecular weight is 766 g/mol. The molecule has 0 N–H and O–H groups in total. The van der Waals surface area contributed by atoms with E-state index in [0.29, 0.717) is 17.5 Å². The number of hydrogen-bond acceptors (Lipinski definition) is 3. The highest BCUT2D eigenvalue weighted by Crippen LogP contribution is 2.44. The average Bonchev–Trinajstić information content (AvgIpc) is 3.83. The van der Waals surface area contributed by atoms with Crippen LogP contribution in [-0.4, -0.2) is 24.1 Å². The van der Waals surface area contributed by atoms with E-state index in [-0.39, 0.29) is 0 Å². The predicted molar refractivity (Wildman–Crippen MR) is 248 cm³/mol. The number of aromatic nitrogens is 5. The predicted octanol–water partition coefficient (Wildman–Crippen LogP) is 13.9. The van der Waals surface area contributed by atoms with E-state index in [9.17, 15) is 0 Å². The molecule has 0 fully saturated rings. The third-order valence-electron chi connectivity index (χ3n) is 11.7. The molecule has 0 saturated heterocycles. The van der Waals surface area contributed by atoms with Crippen LogP contribution in [0.5, 0.6) is 0 Å². The smallest absolute Gasteiger partial charge is 0.164 e. The third kappa shape index (κ3) is 5.44. The van der Waals surface area contributed by atoms with Crippen LogP contribution in [0.1, 0.15) is 0 Å². The molecule has 3 heterocycles. The number of hydrogen-bond donors (Lipinski definition) is 0. The highest BCUT2D eigenvalue weighted by atomic mass is 15.0. The van der Waals surface area contributed by atoms with Gasteiger partial charge in [-0.2, -0.15) is 0 Å². The molecule has 0 atom stereocenters. The van der Waals surface area contributed by atoms with Gasteiger partial charge in [-0.1, -0.05) is 158 Å². The van der Waals surface area contributed by atoms with Crippen LogP contribution in [0.4, 0.5) is 0 Å². The van der Waals surface area contributed by atoms with Gasteiger partial charge in [0, 0.05) is 55.2 Å². The Morgan fingerprint density at radius 1 is 0.283 bits per heavy atom. The summed E-state index contributed by atoms with van der Waals surface area (Å²) in [5, 5.41) is 7.21. The van der Waals surface area contributed by atoms with E-state index in [2.05, 4.69) is 161 Å². The Hall–Kier alpha value is -8.15. The number of para-hydroxylation sites is 3. The van der Waals surface area contributed by atoms with Crippen LogP contribution in [0, 0.1) is 0 Å². The first-order valence-electron chi connectivity index (χ1n) is 20.3. The Morgan fingerprint density at radius 3 is 1.47 bits per heavy atom. The van der Waals surface area contributed by atoms with Crippen molar-refractivity contribution in [3.8, 4) is 56.7 Å². The molecule has 60 heavy (non-hydrogen) atoms. The van der Waals surface area contributed by atoms with E-state index < -0.39 is 0 Å². The van der Waals surface area contributed by atoms with E-state index in [4.69, 9.17) is 15.0 Å². The van der Waals surface area contributed by atoms with Gasteiger partial charge in [0.25, 0.3) is 0 Å². The Labute approximate surface area is 346 Å². The molecule has 0 amide bonds. The SMILES string of the molecule is c1ccc(-c2nc(-c3ccccc3)nc(-c3cccc(-c4c5ccccc5cc5c6ccccc6n(-c6ccc7c(c6)c6ccccc6n7-c6ccccc6)c45)c3)n2)cc1. The van der Waals surface area contributed by atoms with E-state index >= 15 is 0 Å². The fourth-order valence-electron chi connectivity index (χ4n) is 9.06. The monoisotopic (exact) mass is 765 g/mol. The first-order chi connectivity index (χ1) is 29.8. The van der Waals surface area contributed by atoms with Crippen LogP contribution >= 0.6 is 0 Å². The van der Waals surface area contributed by atoms with Crippen LogP contribution < -0.4 is 0 Å². The maximum absolute atomic E-state index is 5.11. The molecule has 0 aliphatic rings. The topological polar surface area (TPSA) is 48.5 Å². The maximum Gasteiger partial charge on any atom is 0.164 e. The standard InChI is InChI=1S/C55H35N5/c1-4-17-36(18-5-1)53-56-54(37-19-6-2-7-20-37)58-55(57-53)40-23-16-22-39(33-40)51-43-26-11-10-21-38(43)34-47-45-28-13-15-30-49(45)60(52(47)51)42-31-32-50-46(35-42)44-27-12-14-29-48(44)59(50)41-24-8-3-9-25-41/h1-35H. The van der Waals surface area contributed by atoms with Gasteiger partial charge in [0.15, 0.2) is 17.5 Å². The lowest BCUT2D eigenvalue weighted by Crippen LogP contribution is -2.00. The van der Waals surface area contributed by atoms with Crippen molar-refractivity contribution in [2.24, 2.45) is 0 Å². The van der Waals surface area contributed by atoms with Crippen LogP contribution in [0.2, 0.25) is 0 Å². The lowest BCUT2D eigenvalue weighted by atomic mass is 9.93. The zero-order valence-electron chi connectivity index (χ0n) is 32.4. The molecule has 5 nitrogen and oxygen atoms in total. The van der Waals surface area contributed by atoms with Crippen LogP contribution in [-0.2, 0) is 0 Å². The second kappa shape index (κ2) is 13.8. The van der Waals surface area contributed by atoms with Crippen molar-refractivity contribution in [1.82, 2.24) is 24.1 Å². The summed E-state index contributed by atoms with van der Waals surface area (Å²) in [7, 11) is 0. The third-order valence-corrected chi connectivity index (χ3v) is 11.7.